The number of morpholine rings is 1. The second-order valence-corrected chi connectivity index (χ2v) is 6.27. The number of nitrogens with one attached hydrogen (secondary N) is 1. The lowest BCUT2D eigenvalue weighted by molar-refractivity contribution is -0.116. The van der Waals surface area contributed by atoms with E-state index < -0.39 is 0 Å². The molecule has 0 aromatic heterocycles. The van der Waals surface area contributed by atoms with E-state index in [4.69, 9.17) is 4.74 Å². The van der Waals surface area contributed by atoms with Gasteiger partial charge in [0.25, 0.3) is 5.91 Å². The second kappa shape index (κ2) is 9.18. The summed E-state index contributed by atoms with van der Waals surface area (Å²) in [5, 5.41) is 2.81. The van der Waals surface area contributed by atoms with Gasteiger partial charge in [-0.05, 0) is 38.5 Å². The van der Waals surface area contributed by atoms with Gasteiger partial charge in [0.05, 0.1) is 12.2 Å². The molecule has 0 saturated carbocycles. The molecule has 134 valence electrons. The lowest BCUT2D eigenvalue weighted by Gasteiger charge is -2.35. The summed E-state index contributed by atoms with van der Waals surface area (Å²) in [6.45, 7) is 7.50. The highest BCUT2D eigenvalue weighted by Gasteiger charge is 2.26. The van der Waals surface area contributed by atoms with Gasteiger partial charge >= 0.3 is 0 Å². The van der Waals surface area contributed by atoms with Gasteiger partial charge in [0, 0.05) is 31.3 Å². The van der Waals surface area contributed by atoms with Crippen LogP contribution in [0, 0.1) is 0 Å². The van der Waals surface area contributed by atoms with Crippen molar-refractivity contribution in [2.75, 3.05) is 13.1 Å². The van der Waals surface area contributed by atoms with E-state index in [1.165, 1.54) is 6.08 Å². The number of hydrogen-bond acceptors (Lipinski definition) is 3. The maximum absolute atomic E-state index is 12.6. The molecular formula is C20H26N2O3. The van der Waals surface area contributed by atoms with Crippen LogP contribution < -0.4 is 5.32 Å². The van der Waals surface area contributed by atoms with Crippen molar-refractivity contribution in [2.24, 2.45) is 0 Å². The number of allylic oxidation sites excluding steroid dienone is 3. The van der Waals surface area contributed by atoms with Gasteiger partial charge in [0.1, 0.15) is 0 Å². The van der Waals surface area contributed by atoms with Crippen molar-refractivity contribution in [1.29, 1.82) is 0 Å². The normalized spacial score (nSPS) is 21.0. The first-order chi connectivity index (χ1) is 12.0. The van der Waals surface area contributed by atoms with Crippen LogP contribution in [0.2, 0.25) is 0 Å². The van der Waals surface area contributed by atoms with Gasteiger partial charge in [0.2, 0.25) is 5.91 Å². The number of benzene rings is 1. The zero-order chi connectivity index (χ0) is 18.2. The van der Waals surface area contributed by atoms with Crippen LogP contribution >= 0.6 is 0 Å². The molecule has 0 bridgehead atoms. The summed E-state index contributed by atoms with van der Waals surface area (Å²) in [7, 11) is 0. The molecule has 2 unspecified atom stereocenters. The number of nitrogens with zero attached hydrogens (tertiary/aromatic N) is 1. The predicted octanol–water partition coefficient (Wildman–Crippen LogP) is 2.68. The fourth-order valence-electron chi connectivity index (χ4n) is 2.79. The summed E-state index contributed by atoms with van der Waals surface area (Å²) in [4.78, 5) is 26.1. The predicted molar refractivity (Wildman–Crippen MR) is 98.2 cm³/mol. The summed E-state index contributed by atoms with van der Waals surface area (Å²) in [5.41, 5.74) is 1.61. The minimum atomic E-state index is -0.144. The van der Waals surface area contributed by atoms with Crippen LogP contribution in [0.25, 0.3) is 0 Å². The van der Waals surface area contributed by atoms with Gasteiger partial charge < -0.3 is 15.0 Å². The molecule has 1 aromatic carbocycles. The quantitative estimate of drug-likeness (QED) is 0.661. The van der Waals surface area contributed by atoms with E-state index in [0.717, 1.165) is 5.56 Å². The molecule has 2 amide bonds. The molecule has 5 heteroatoms. The van der Waals surface area contributed by atoms with Crippen LogP contribution in [-0.4, -0.2) is 42.0 Å². The zero-order valence-corrected chi connectivity index (χ0v) is 15.1. The lowest BCUT2D eigenvalue weighted by Crippen LogP contribution is -2.48. The first kappa shape index (κ1) is 18.9. The van der Waals surface area contributed by atoms with Crippen LogP contribution in [0.1, 0.15) is 36.7 Å². The third-order valence-electron chi connectivity index (χ3n) is 3.93. The van der Waals surface area contributed by atoms with Crippen LogP contribution in [-0.2, 0) is 16.1 Å². The topological polar surface area (TPSA) is 58.6 Å². The maximum atomic E-state index is 12.6. The van der Waals surface area contributed by atoms with E-state index in [-0.39, 0.29) is 24.0 Å². The van der Waals surface area contributed by atoms with E-state index in [1.807, 2.05) is 56.0 Å². The molecule has 1 fully saturated rings. The van der Waals surface area contributed by atoms with Gasteiger partial charge in [0.15, 0.2) is 0 Å². The minimum absolute atomic E-state index is 0.0203. The third kappa shape index (κ3) is 5.87. The Labute approximate surface area is 149 Å². The Morgan fingerprint density at radius 3 is 2.40 bits per heavy atom. The van der Waals surface area contributed by atoms with Crippen LogP contribution in [0.4, 0.5) is 0 Å². The monoisotopic (exact) mass is 342 g/mol. The zero-order valence-electron chi connectivity index (χ0n) is 15.1. The van der Waals surface area contributed by atoms with Gasteiger partial charge in [-0.2, -0.15) is 0 Å². The molecule has 0 radical (unpaired) electrons. The molecule has 1 aliphatic heterocycles. The summed E-state index contributed by atoms with van der Waals surface area (Å²) in [6, 6.07) is 7.36. The summed E-state index contributed by atoms with van der Waals surface area (Å²) in [6.07, 6.45) is 6.94. The van der Waals surface area contributed by atoms with Crippen molar-refractivity contribution in [3.63, 3.8) is 0 Å². The van der Waals surface area contributed by atoms with Crippen molar-refractivity contribution in [2.45, 2.75) is 39.5 Å². The SMILES string of the molecule is C/C=C/C=C/C(=O)NCc1ccc(C(=O)N2CC(C)OC(C)C2)cc1. The molecule has 1 aliphatic rings. The van der Waals surface area contributed by atoms with Crippen molar-refractivity contribution in [3.8, 4) is 0 Å². The molecule has 1 aromatic rings. The number of carbonyl (C=O) groups excluding carboxylic acids is 2. The Hall–Kier alpha value is -2.40. The number of hydrogen-bond donors (Lipinski definition) is 1. The van der Waals surface area contributed by atoms with Gasteiger partial charge in [-0.3, -0.25) is 9.59 Å². The summed E-state index contributed by atoms with van der Waals surface area (Å²) in [5.74, 6) is -0.124. The molecule has 25 heavy (non-hydrogen) atoms. The number of amides is 2. The lowest BCUT2D eigenvalue weighted by atomic mass is 10.1. The fraction of sp³-hybridized carbons (Fsp3) is 0.400. The number of ether oxygens (including phenoxy) is 1. The molecule has 1 saturated heterocycles. The fourth-order valence-corrected chi connectivity index (χ4v) is 2.79. The van der Waals surface area contributed by atoms with Crippen LogP contribution in [0.3, 0.4) is 0 Å². The van der Waals surface area contributed by atoms with E-state index in [0.29, 0.717) is 25.2 Å². The van der Waals surface area contributed by atoms with E-state index in [2.05, 4.69) is 5.32 Å². The van der Waals surface area contributed by atoms with Crippen molar-refractivity contribution in [1.82, 2.24) is 10.2 Å². The van der Waals surface area contributed by atoms with Gasteiger partial charge in [-0.1, -0.05) is 30.4 Å². The number of carbonyl (C=O) groups is 2. The Kier molecular flexibility index (Phi) is 6.95. The minimum Gasteiger partial charge on any atom is -0.372 e. The molecule has 5 nitrogen and oxygen atoms in total. The van der Waals surface area contributed by atoms with Gasteiger partial charge in [-0.25, -0.2) is 0 Å². The second-order valence-electron chi connectivity index (χ2n) is 6.27. The first-order valence-corrected chi connectivity index (χ1v) is 8.60. The molecule has 0 spiro atoms. The molecule has 0 aliphatic carbocycles. The van der Waals surface area contributed by atoms with E-state index >= 15 is 0 Å². The Morgan fingerprint density at radius 2 is 1.80 bits per heavy atom. The molecule has 2 rings (SSSR count). The van der Waals surface area contributed by atoms with Gasteiger partial charge in [-0.15, -0.1) is 0 Å². The average molecular weight is 342 g/mol. The highest BCUT2D eigenvalue weighted by molar-refractivity contribution is 5.94. The summed E-state index contributed by atoms with van der Waals surface area (Å²) < 4.78 is 5.67. The smallest absolute Gasteiger partial charge is 0.254 e. The van der Waals surface area contributed by atoms with E-state index in [9.17, 15) is 9.59 Å². The molecule has 1 N–H and O–H groups in total. The highest BCUT2D eigenvalue weighted by atomic mass is 16.5. The largest absolute Gasteiger partial charge is 0.372 e. The standard InChI is InChI=1S/C20H26N2O3/c1-4-5-6-7-19(23)21-12-17-8-10-18(11-9-17)20(24)22-13-15(2)25-16(3)14-22/h4-11,15-16H,12-14H2,1-3H3,(H,21,23)/b5-4+,7-6+. The van der Waals surface area contributed by atoms with Crippen LogP contribution in [0.5, 0.6) is 0 Å². The highest BCUT2D eigenvalue weighted by Crippen LogP contribution is 2.15. The third-order valence-corrected chi connectivity index (χ3v) is 3.93. The Bertz CT molecular complexity index is 639. The molecule has 2 atom stereocenters. The Balaban J connectivity index is 1.91. The molecular weight excluding hydrogens is 316 g/mol. The maximum Gasteiger partial charge on any atom is 0.254 e. The van der Waals surface area contributed by atoms with Crippen LogP contribution in [0.15, 0.2) is 48.6 Å². The number of rotatable bonds is 5. The van der Waals surface area contributed by atoms with Crippen molar-refractivity contribution in [3.05, 3.63) is 59.7 Å². The van der Waals surface area contributed by atoms with E-state index in [1.54, 1.807) is 12.2 Å². The molecule has 1 heterocycles. The Morgan fingerprint density at radius 1 is 1.16 bits per heavy atom. The summed E-state index contributed by atoms with van der Waals surface area (Å²) >= 11 is 0. The van der Waals surface area contributed by atoms with Crippen molar-refractivity contribution < 1.29 is 14.3 Å². The van der Waals surface area contributed by atoms with Crippen molar-refractivity contribution >= 4 is 11.8 Å². The average Bonchev–Trinajstić information content (AvgIpc) is 2.59. The first-order valence-electron chi connectivity index (χ1n) is 8.60.